The number of carboxylic acid groups (broad SMARTS) is 1. The normalized spacial score (nSPS) is 18.4. The minimum atomic E-state index is -1.33. The molecule has 4 rings (SSSR count). The van der Waals surface area contributed by atoms with E-state index >= 15 is 0 Å². The van der Waals surface area contributed by atoms with Crippen LogP contribution in [0.1, 0.15) is 18.3 Å². The average molecular weight is 608 g/mol. The number of thiazole rings is 1. The molecule has 2 amide bonds. The van der Waals surface area contributed by atoms with Crippen molar-refractivity contribution in [1.82, 2.24) is 25.0 Å². The Labute approximate surface area is 236 Å². The quantitative estimate of drug-likeness (QED) is 0.156. The van der Waals surface area contributed by atoms with Crippen LogP contribution in [0, 0.1) is 0 Å². The van der Waals surface area contributed by atoms with E-state index in [1.165, 1.54) is 24.1 Å². The van der Waals surface area contributed by atoms with Crippen molar-refractivity contribution in [3.05, 3.63) is 40.3 Å². The number of aromatic nitrogens is 3. The van der Waals surface area contributed by atoms with Gasteiger partial charge in [-0.2, -0.15) is 5.10 Å². The summed E-state index contributed by atoms with van der Waals surface area (Å²) in [6, 6.07) is 0.713. The van der Waals surface area contributed by atoms with E-state index < -0.39 is 35.2 Å². The van der Waals surface area contributed by atoms with Gasteiger partial charge >= 0.3 is 11.9 Å². The number of halogens is 2. The Balaban J connectivity index is 0.00000253. The van der Waals surface area contributed by atoms with E-state index in [2.05, 4.69) is 20.6 Å². The van der Waals surface area contributed by atoms with Crippen LogP contribution in [-0.4, -0.2) is 78.0 Å². The van der Waals surface area contributed by atoms with Crippen molar-refractivity contribution in [2.45, 2.75) is 24.9 Å². The number of anilines is 1. The molecular formula is C20H23Cl2N7O7S2. The highest BCUT2D eigenvalue weighted by molar-refractivity contribution is 8.00. The fraction of sp³-hybridized carbons (Fsp3) is 0.350. The minimum absolute atomic E-state index is 0. The Morgan fingerprint density at radius 2 is 2.05 bits per heavy atom. The van der Waals surface area contributed by atoms with Crippen LogP contribution in [0.3, 0.4) is 0 Å². The third-order valence-corrected chi connectivity index (χ3v) is 7.12. The lowest BCUT2D eigenvalue weighted by atomic mass is 10.0. The van der Waals surface area contributed by atoms with Gasteiger partial charge in [0.15, 0.2) is 17.5 Å². The number of carboxylic acids is 1. The number of ether oxygens (including phenoxy) is 1. The van der Waals surface area contributed by atoms with Gasteiger partial charge in [0.1, 0.15) is 35.1 Å². The predicted octanol–water partition coefficient (Wildman–Crippen LogP) is 0.525. The topological polar surface area (TPSA) is 191 Å². The molecule has 2 aromatic heterocycles. The molecule has 14 nitrogen and oxygen atoms in total. The molecule has 1 fully saturated rings. The zero-order chi connectivity index (χ0) is 26.0. The Bertz CT molecular complexity index is 1300. The highest BCUT2D eigenvalue weighted by Crippen LogP contribution is 2.40. The molecule has 38 heavy (non-hydrogen) atoms. The van der Waals surface area contributed by atoms with Crippen molar-refractivity contribution >= 4 is 82.5 Å². The number of oxime groups is 1. The summed E-state index contributed by atoms with van der Waals surface area (Å²) in [6.45, 7) is 0.951. The van der Waals surface area contributed by atoms with Crippen LogP contribution in [-0.2, 0) is 42.4 Å². The number of rotatable bonds is 9. The molecule has 2 aliphatic heterocycles. The Kier molecular flexibility index (Phi) is 10.5. The van der Waals surface area contributed by atoms with Crippen LogP contribution in [0.2, 0.25) is 0 Å². The Morgan fingerprint density at radius 3 is 2.63 bits per heavy atom. The van der Waals surface area contributed by atoms with Crippen LogP contribution >= 0.6 is 47.9 Å². The van der Waals surface area contributed by atoms with Gasteiger partial charge in [0.25, 0.3) is 11.8 Å². The smallest absolute Gasteiger partial charge is 0.352 e. The van der Waals surface area contributed by atoms with E-state index in [1.54, 1.807) is 24.0 Å². The molecule has 0 spiro atoms. The molecular weight excluding hydrogens is 585 g/mol. The van der Waals surface area contributed by atoms with E-state index in [1.807, 2.05) is 0 Å². The molecule has 1 saturated heterocycles. The van der Waals surface area contributed by atoms with E-state index in [0.717, 1.165) is 16.2 Å². The number of thioether (sulfide) groups is 1. The number of esters is 1. The molecule has 0 saturated carbocycles. The van der Waals surface area contributed by atoms with Crippen LogP contribution < -0.4 is 11.1 Å². The monoisotopic (exact) mass is 607 g/mol. The zero-order valence-corrected chi connectivity index (χ0v) is 23.1. The molecule has 18 heteroatoms. The summed E-state index contributed by atoms with van der Waals surface area (Å²) < 4.78 is 6.50. The van der Waals surface area contributed by atoms with Crippen LogP contribution in [0.15, 0.2) is 34.1 Å². The van der Waals surface area contributed by atoms with Gasteiger partial charge < -0.3 is 25.7 Å². The number of carbonyl (C=O) groups is 4. The lowest BCUT2D eigenvalue weighted by molar-refractivity contribution is -0.150. The van der Waals surface area contributed by atoms with Crippen LogP contribution in [0.25, 0.3) is 0 Å². The fourth-order valence-electron chi connectivity index (χ4n) is 3.50. The second kappa shape index (κ2) is 12.9. The standard InChI is InChI=1S/C20H21N7O7S2.2ClH/c1-9(28)33-5-10-7-35-18-14(17(30)27(18)15(10)19(31)32)23-16(29)13(12-8-36-20(21)22-12)25-34-6-11-3-4-26(2)24-11;;/h3-4,8,14,18H,5-7H2,1-2H3,(H2,21,22)(H,23,29)(H,31,32);2*1H/t14-,18+;;/m1../s1. The van der Waals surface area contributed by atoms with Crippen molar-refractivity contribution < 1.29 is 33.9 Å². The maximum absolute atomic E-state index is 13.1. The molecule has 4 N–H and O–H groups in total. The molecule has 206 valence electrons. The van der Waals surface area contributed by atoms with Gasteiger partial charge in [0.2, 0.25) is 0 Å². The van der Waals surface area contributed by atoms with Gasteiger partial charge in [-0.25, -0.2) is 9.78 Å². The fourth-order valence-corrected chi connectivity index (χ4v) is 5.37. The number of amides is 2. The highest BCUT2D eigenvalue weighted by atomic mass is 35.5. The first-order chi connectivity index (χ1) is 17.2. The lowest BCUT2D eigenvalue weighted by Gasteiger charge is -2.49. The first-order valence-electron chi connectivity index (χ1n) is 10.4. The number of hydrogen-bond donors (Lipinski definition) is 3. The number of fused-ring (bicyclic) bond motifs is 1. The lowest BCUT2D eigenvalue weighted by Crippen LogP contribution is -2.71. The molecule has 0 aromatic carbocycles. The summed E-state index contributed by atoms with van der Waals surface area (Å²) in [5, 5.41) is 21.4. The number of aliphatic carboxylic acids is 1. The van der Waals surface area contributed by atoms with Crippen LogP contribution in [0.4, 0.5) is 5.13 Å². The molecule has 2 aliphatic rings. The minimum Gasteiger partial charge on any atom is -0.477 e. The zero-order valence-electron chi connectivity index (χ0n) is 19.9. The number of nitrogens with one attached hydrogen (secondary N) is 1. The summed E-state index contributed by atoms with van der Waals surface area (Å²) in [6.07, 6.45) is 1.73. The van der Waals surface area contributed by atoms with E-state index in [4.69, 9.17) is 15.3 Å². The first kappa shape index (κ1) is 30.9. The summed E-state index contributed by atoms with van der Waals surface area (Å²) in [5.74, 6) is -3.06. The van der Waals surface area contributed by atoms with Gasteiger partial charge in [0, 0.05) is 36.9 Å². The molecule has 2 aromatic rings. The number of carbonyl (C=O) groups excluding carboxylic acids is 3. The average Bonchev–Trinajstić information content (AvgIpc) is 3.45. The van der Waals surface area contributed by atoms with Crippen LogP contribution in [0.5, 0.6) is 0 Å². The Hall–Kier alpha value is -3.34. The third kappa shape index (κ3) is 6.56. The SMILES string of the molecule is CC(=O)OCC1=C(C(=O)O)N2C(=O)[C@@H](NC(=O)C(=NOCc3ccn(C)n3)c3csc(N)n3)[C@@H]2SC1.Cl.Cl. The van der Waals surface area contributed by atoms with Crippen molar-refractivity contribution in [1.29, 1.82) is 0 Å². The predicted molar refractivity (Wildman–Crippen MR) is 142 cm³/mol. The number of aryl methyl sites for hydroxylation is 1. The second-order valence-corrected chi connectivity index (χ2v) is 9.66. The highest BCUT2D eigenvalue weighted by Gasteiger charge is 2.54. The largest absolute Gasteiger partial charge is 0.477 e. The summed E-state index contributed by atoms with van der Waals surface area (Å²) in [7, 11) is 1.75. The van der Waals surface area contributed by atoms with Crippen molar-refractivity contribution in [2.24, 2.45) is 12.2 Å². The molecule has 4 heterocycles. The van der Waals surface area contributed by atoms with Crippen molar-refractivity contribution in [2.75, 3.05) is 18.1 Å². The molecule has 0 bridgehead atoms. The van der Waals surface area contributed by atoms with E-state index in [9.17, 15) is 24.3 Å². The van der Waals surface area contributed by atoms with Gasteiger partial charge in [-0.1, -0.05) is 5.16 Å². The molecule has 0 aliphatic carbocycles. The number of nitrogens with two attached hydrogens (primary N) is 1. The first-order valence-corrected chi connectivity index (χ1v) is 12.3. The Morgan fingerprint density at radius 1 is 1.32 bits per heavy atom. The number of β-lactam (4-membered cyclic amide) rings is 1. The summed E-state index contributed by atoms with van der Waals surface area (Å²) in [4.78, 5) is 59.4. The van der Waals surface area contributed by atoms with Gasteiger partial charge in [-0.3, -0.25) is 24.0 Å². The number of nitrogens with zero attached hydrogens (tertiary/aromatic N) is 5. The summed E-state index contributed by atoms with van der Waals surface area (Å²) in [5.41, 5.74) is 6.28. The van der Waals surface area contributed by atoms with E-state index in [-0.39, 0.29) is 66.0 Å². The summed E-state index contributed by atoms with van der Waals surface area (Å²) >= 11 is 2.34. The number of nitrogen functional groups attached to an aromatic ring is 1. The molecule has 0 radical (unpaired) electrons. The molecule has 0 unspecified atom stereocenters. The van der Waals surface area contributed by atoms with Gasteiger partial charge in [-0.15, -0.1) is 47.9 Å². The van der Waals surface area contributed by atoms with Crippen molar-refractivity contribution in [3.8, 4) is 0 Å². The number of hydrogen-bond acceptors (Lipinski definition) is 12. The molecule has 2 atom stereocenters. The third-order valence-electron chi connectivity index (χ3n) is 5.10. The maximum Gasteiger partial charge on any atom is 0.352 e. The van der Waals surface area contributed by atoms with Crippen molar-refractivity contribution in [3.63, 3.8) is 0 Å². The maximum atomic E-state index is 13.1. The van der Waals surface area contributed by atoms with E-state index in [0.29, 0.717) is 11.3 Å². The van der Waals surface area contributed by atoms with Gasteiger partial charge in [0.05, 0.1) is 0 Å². The van der Waals surface area contributed by atoms with Gasteiger partial charge in [-0.05, 0) is 6.07 Å². The second-order valence-electron chi connectivity index (χ2n) is 7.66.